The van der Waals surface area contributed by atoms with Crippen LogP contribution in [0, 0.1) is 0 Å². The largest absolute Gasteiger partial charge is 0.870 e. The van der Waals surface area contributed by atoms with Crippen LogP contribution in [0.3, 0.4) is 0 Å². The van der Waals surface area contributed by atoms with Crippen molar-refractivity contribution < 1.29 is 9.96 Å². The number of rotatable bonds is 12. The molecule has 1 aromatic rings. The Kier molecular flexibility index (Phi) is 12.2. The van der Waals surface area contributed by atoms with Gasteiger partial charge in [-0.15, -0.1) is 0 Å². The Morgan fingerprint density at radius 3 is 1.55 bits per heavy atom. The van der Waals surface area contributed by atoms with E-state index in [2.05, 4.69) is 51.1 Å². The SMILES string of the molecule is CCCC[N+](CCCC)(CCCC)CCc1ccccc1.[OH-]. The van der Waals surface area contributed by atoms with E-state index in [1.54, 1.807) is 0 Å². The average Bonchev–Trinajstić information content (AvgIpc) is 2.54. The summed E-state index contributed by atoms with van der Waals surface area (Å²) in [5, 5.41) is 0. The topological polar surface area (TPSA) is 30.0 Å². The van der Waals surface area contributed by atoms with Crippen molar-refractivity contribution in [3.05, 3.63) is 35.9 Å². The first-order valence-corrected chi connectivity index (χ1v) is 9.15. The molecule has 0 amide bonds. The molecule has 1 aromatic carbocycles. The number of benzene rings is 1. The molecule has 0 bridgehead atoms. The first kappa shape index (κ1) is 21.1. The second-order valence-electron chi connectivity index (χ2n) is 6.53. The molecule has 1 rings (SSSR count). The molecule has 0 unspecified atom stereocenters. The van der Waals surface area contributed by atoms with E-state index in [1.807, 2.05) is 0 Å². The molecule has 0 radical (unpaired) electrons. The number of hydrogen-bond acceptors (Lipinski definition) is 1. The zero-order valence-electron chi connectivity index (χ0n) is 15.1. The molecule has 0 atom stereocenters. The third-order valence-electron chi connectivity index (χ3n) is 4.68. The highest BCUT2D eigenvalue weighted by Gasteiger charge is 2.25. The molecule has 128 valence electrons. The van der Waals surface area contributed by atoms with Gasteiger partial charge in [-0.1, -0.05) is 70.4 Å². The minimum absolute atomic E-state index is 0. The van der Waals surface area contributed by atoms with Gasteiger partial charge >= 0.3 is 0 Å². The van der Waals surface area contributed by atoms with Gasteiger partial charge in [-0.25, -0.2) is 0 Å². The standard InChI is InChI=1S/C20H36N.H2O/c1-4-7-16-21(17-8-5-2,18-9-6-3)19-15-20-13-11-10-12-14-20;/h10-14H,4-9,15-19H2,1-3H3;1H2/q+1;/p-1. The summed E-state index contributed by atoms with van der Waals surface area (Å²) >= 11 is 0. The Bertz CT molecular complexity index is 328. The van der Waals surface area contributed by atoms with Gasteiger partial charge in [-0.3, -0.25) is 0 Å². The summed E-state index contributed by atoms with van der Waals surface area (Å²) in [5.74, 6) is 0. The first-order valence-electron chi connectivity index (χ1n) is 9.15. The molecule has 0 spiro atoms. The van der Waals surface area contributed by atoms with Crippen LogP contribution in [0.2, 0.25) is 0 Å². The zero-order chi connectivity index (χ0) is 15.4. The van der Waals surface area contributed by atoms with Crippen LogP contribution in [0.15, 0.2) is 30.3 Å². The van der Waals surface area contributed by atoms with Crippen molar-refractivity contribution in [1.82, 2.24) is 0 Å². The van der Waals surface area contributed by atoms with E-state index >= 15 is 0 Å². The van der Waals surface area contributed by atoms with Gasteiger partial charge in [0.2, 0.25) is 0 Å². The van der Waals surface area contributed by atoms with E-state index in [0.29, 0.717) is 0 Å². The molecule has 0 aliphatic carbocycles. The fourth-order valence-corrected chi connectivity index (χ4v) is 3.16. The van der Waals surface area contributed by atoms with Gasteiger partial charge in [0.1, 0.15) is 0 Å². The fourth-order valence-electron chi connectivity index (χ4n) is 3.16. The lowest BCUT2D eigenvalue weighted by Crippen LogP contribution is -2.51. The maximum atomic E-state index is 2.32. The second kappa shape index (κ2) is 12.7. The lowest BCUT2D eigenvalue weighted by molar-refractivity contribution is -0.928. The molecule has 0 aliphatic heterocycles. The van der Waals surface area contributed by atoms with Crippen molar-refractivity contribution in [3.63, 3.8) is 0 Å². The third kappa shape index (κ3) is 7.95. The van der Waals surface area contributed by atoms with Gasteiger partial charge in [-0.2, -0.15) is 0 Å². The molecule has 2 heteroatoms. The number of quaternary nitrogens is 1. The van der Waals surface area contributed by atoms with Gasteiger partial charge in [-0.05, 0) is 24.8 Å². The molecule has 1 N–H and O–H groups in total. The normalized spacial score (nSPS) is 11.2. The Balaban J connectivity index is 0.00000441. The van der Waals surface area contributed by atoms with Crippen molar-refractivity contribution >= 4 is 0 Å². The lowest BCUT2D eigenvalue weighted by atomic mass is 10.1. The van der Waals surface area contributed by atoms with Gasteiger partial charge < -0.3 is 9.96 Å². The van der Waals surface area contributed by atoms with Crippen LogP contribution in [-0.4, -0.2) is 36.1 Å². The van der Waals surface area contributed by atoms with Crippen LogP contribution >= 0.6 is 0 Å². The van der Waals surface area contributed by atoms with E-state index in [1.165, 1.54) is 81.2 Å². The summed E-state index contributed by atoms with van der Waals surface area (Å²) in [6.45, 7) is 12.4. The summed E-state index contributed by atoms with van der Waals surface area (Å²) in [5.41, 5.74) is 1.50. The molecule has 2 nitrogen and oxygen atoms in total. The monoisotopic (exact) mass is 307 g/mol. The van der Waals surface area contributed by atoms with Crippen LogP contribution in [-0.2, 0) is 6.42 Å². The van der Waals surface area contributed by atoms with Gasteiger partial charge in [0.25, 0.3) is 0 Å². The second-order valence-corrected chi connectivity index (χ2v) is 6.53. The smallest absolute Gasteiger partial charge is 0.0827 e. The highest BCUT2D eigenvalue weighted by molar-refractivity contribution is 5.14. The summed E-state index contributed by atoms with van der Waals surface area (Å²) in [4.78, 5) is 0. The highest BCUT2D eigenvalue weighted by Crippen LogP contribution is 2.16. The number of hydrogen-bond donors (Lipinski definition) is 0. The van der Waals surface area contributed by atoms with E-state index in [4.69, 9.17) is 0 Å². The average molecular weight is 308 g/mol. The summed E-state index contributed by atoms with van der Waals surface area (Å²) in [6.07, 6.45) is 9.33. The quantitative estimate of drug-likeness (QED) is 0.484. The van der Waals surface area contributed by atoms with Crippen molar-refractivity contribution in [2.24, 2.45) is 0 Å². The molecule has 0 aromatic heterocycles. The van der Waals surface area contributed by atoms with Crippen molar-refractivity contribution in [2.75, 3.05) is 26.2 Å². The minimum Gasteiger partial charge on any atom is -0.870 e. The Hall–Kier alpha value is -0.860. The van der Waals surface area contributed by atoms with Gasteiger partial charge in [0.05, 0.1) is 26.2 Å². The van der Waals surface area contributed by atoms with Crippen LogP contribution in [0.25, 0.3) is 0 Å². The predicted octanol–water partition coefficient (Wildman–Crippen LogP) is 5.27. The molecule has 0 saturated carbocycles. The molecule has 0 saturated heterocycles. The fraction of sp³-hybridized carbons (Fsp3) is 0.700. The van der Waals surface area contributed by atoms with Crippen molar-refractivity contribution in [2.45, 2.75) is 65.7 Å². The van der Waals surface area contributed by atoms with E-state index in [-0.39, 0.29) is 5.48 Å². The zero-order valence-corrected chi connectivity index (χ0v) is 15.1. The summed E-state index contributed by atoms with van der Waals surface area (Å²) < 4.78 is 1.35. The maximum Gasteiger partial charge on any atom is 0.0827 e. The van der Waals surface area contributed by atoms with Gasteiger partial charge in [0, 0.05) is 6.42 Å². The van der Waals surface area contributed by atoms with Crippen molar-refractivity contribution in [3.8, 4) is 0 Å². The molecule has 0 fully saturated rings. The van der Waals surface area contributed by atoms with Crippen LogP contribution in [0.1, 0.15) is 64.9 Å². The van der Waals surface area contributed by atoms with Gasteiger partial charge in [0.15, 0.2) is 0 Å². The van der Waals surface area contributed by atoms with Crippen LogP contribution in [0.4, 0.5) is 0 Å². The molecular weight excluding hydrogens is 270 g/mol. The molecular formula is C20H37NO. The third-order valence-corrected chi connectivity index (χ3v) is 4.68. The molecule has 22 heavy (non-hydrogen) atoms. The number of unbranched alkanes of at least 4 members (excludes halogenated alkanes) is 3. The number of nitrogens with zero attached hydrogens (tertiary/aromatic N) is 1. The summed E-state index contributed by atoms with van der Waals surface area (Å²) in [6, 6.07) is 11.0. The Labute approximate surface area is 138 Å². The predicted molar refractivity (Wildman–Crippen MR) is 96.5 cm³/mol. The molecule has 0 aliphatic rings. The lowest BCUT2D eigenvalue weighted by Gasteiger charge is -2.39. The minimum atomic E-state index is 0. The van der Waals surface area contributed by atoms with Crippen molar-refractivity contribution in [1.29, 1.82) is 0 Å². The molecule has 0 heterocycles. The Morgan fingerprint density at radius 1 is 0.682 bits per heavy atom. The van der Waals surface area contributed by atoms with Crippen LogP contribution < -0.4 is 0 Å². The maximum absolute atomic E-state index is 2.32. The Morgan fingerprint density at radius 2 is 1.14 bits per heavy atom. The van der Waals surface area contributed by atoms with Crippen LogP contribution in [0.5, 0.6) is 0 Å². The summed E-state index contributed by atoms with van der Waals surface area (Å²) in [7, 11) is 0. The first-order chi connectivity index (χ1) is 10.3. The van der Waals surface area contributed by atoms with E-state index < -0.39 is 0 Å². The van der Waals surface area contributed by atoms with E-state index in [9.17, 15) is 0 Å². The highest BCUT2D eigenvalue weighted by atomic mass is 16.0. The van der Waals surface area contributed by atoms with E-state index in [0.717, 1.165) is 0 Å².